The summed E-state index contributed by atoms with van der Waals surface area (Å²) in [6, 6.07) is 4.61. The first-order valence-corrected chi connectivity index (χ1v) is 7.22. The van der Waals surface area contributed by atoms with Gasteiger partial charge in [0.15, 0.2) is 0 Å². The number of amides is 2. The van der Waals surface area contributed by atoms with Crippen molar-refractivity contribution in [2.45, 2.75) is 19.4 Å². The van der Waals surface area contributed by atoms with Crippen LogP contribution in [0.2, 0.25) is 5.02 Å². The fraction of sp³-hybridized carbons (Fsp3) is 0.429. The normalized spacial score (nSPS) is 17.7. The van der Waals surface area contributed by atoms with Crippen molar-refractivity contribution in [1.29, 1.82) is 0 Å². The molecule has 7 heteroatoms. The van der Waals surface area contributed by atoms with E-state index in [1.807, 2.05) is 11.8 Å². The van der Waals surface area contributed by atoms with E-state index in [1.54, 1.807) is 18.2 Å². The van der Waals surface area contributed by atoms with Gasteiger partial charge in [-0.1, -0.05) is 11.6 Å². The first-order valence-electron chi connectivity index (χ1n) is 6.84. The Kier molecular flexibility index (Phi) is 5.03. The Morgan fingerprint density at radius 2 is 2.24 bits per heavy atom. The molecule has 0 saturated carbocycles. The minimum atomic E-state index is -0.341. The van der Waals surface area contributed by atoms with E-state index in [-0.39, 0.29) is 17.9 Å². The molecule has 6 nitrogen and oxygen atoms in total. The summed E-state index contributed by atoms with van der Waals surface area (Å²) in [5, 5.41) is 5.98. The maximum absolute atomic E-state index is 12.3. The molecular weight excluding hydrogens is 292 g/mol. The van der Waals surface area contributed by atoms with Crippen LogP contribution in [0.25, 0.3) is 0 Å². The maximum atomic E-state index is 12.3. The van der Waals surface area contributed by atoms with Crippen LogP contribution >= 0.6 is 11.6 Å². The molecule has 0 bridgehead atoms. The summed E-state index contributed by atoms with van der Waals surface area (Å²) in [4.78, 5) is 25.6. The molecule has 0 aliphatic carbocycles. The topological polar surface area (TPSA) is 87.5 Å². The highest BCUT2D eigenvalue weighted by Crippen LogP contribution is 2.24. The summed E-state index contributed by atoms with van der Waals surface area (Å²) in [5.41, 5.74) is 6.70. The molecule has 0 radical (unpaired) electrons. The SMILES string of the molecule is CC(C(=O)Nc1ccc(N)cc1Cl)N1CCNC(=O)CC1. The van der Waals surface area contributed by atoms with Crippen molar-refractivity contribution >= 4 is 34.8 Å². The number of nitrogens with two attached hydrogens (primary N) is 1. The van der Waals surface area contributed by atoms with Crippen LogP contribution in [0.3, 0.4) is 0 Å². The predicted molar refractivity (Wildman–Crippen MR) is 83.2 cm³/mol. The van der Waals surface area contributed by atoms with Gasteiger partial charge in [0.2, 0.25) is 11.8 Å². The lowest BCUT2D eigenvalue weighted by atomic mass is 10.2. The van der Waals surface area contributed by atoms with Gasteiger partial charge in [0.25, 0.3) is 0 Å². The van der Waals surface area contributed by atoms with Gasteiger partial charge >= 0.3 is 0 Å². The number of hydrogen-bond acceptors (Lipinski definition) is 4. The maximum Gasteiger partial charge on any atom is 0.241 e. The molecule has 1 saturated heterocycles. The average molecular weight is 311 g/mol. The van der Waals surface area contributed by atoms with Crippen LogP contribution in [-0.4, -0.2) is 42.4 Å². The minimum absolute atomic E-state index is 0.0201. The Balaban J connectivity index is 2.00. The fourth-order valence-electron chi connectivity index (χ4n) is 2.21. The Bertz CT molecular complexity index is 550. The third-order valence-corrected chi connectivity index (χ3v) is 3.84. The molecule has 1 aliphatic heterocycles. The highest BCUT2D eigenvalue weighted by atomic mass is 35.5. The first kappa shape index (κ1) is 15.6. The van der Waals surface area contributed by atoms with Crippen LogP contribution in [-0.2, 0) is 9.59 Å². The van der Waals surface area contributed by atoms with Gasteiger partial charge in [-0.3, -0.25) is 14.5 Å². The van der Waals surface area contributed by atoms with Crippen LogP contribution in [0, 0.1) is 0 Å². The lowest BCUT2D eigenvalue weighted by Gasteiger charge is -2.26. The van der Waals surface area contributed by atoms with E-state index in [0.29, 0.717) is 42.5 Å². The average Bonchev–Trinajstić information content (AvgIpc) is 2.66. The molecule has 0 aromatic heterocycles. The van der Waals surface area contributed by atoms with E-state index in [4.69, 9.17) is 17.3 Å². The number of nitrogens with one attached hydrogen (secondary N) is 2. The summed E-state index contributed by atoms with van der Waals surface area (Å²) in [7, 11) is 0. The van der Waals surface area contributed by atoms with Crippen molar-refractivity contribution < 1.29 is 9.59 Å². The third kappa shape index (κ3) is 4.09. The first-order chi connectivity index (χ1) is 9.97. The Hall–Kier alpha value is -1.79. The zero-order valence-corrected chi connectivity index (χ0v) is 12.6. The second-order valence-electron chi connectivity index (χ2n) is 5.04. The molecule has 1 atom stereocenters. The number of halogens is 1. The van der Waals surface area contributed by atoms with Gasteiger partial charge in [0.05, 0.1) is 16.8 Å². The van der Waals surface area contributed by atoms with Crippen molar-refractivity contribution in [2.75, 3.05) is 30.7 Å². The van der Waals surface area contributed by atoms with Gasteiger partial charge in [-0.15, -0.1) is 0 Å². The van der Waals surface area contributed by atoms with Crippen molar-refractivity contribution in [3.8, 4) is 0 Å². The van der Waals surface area contributed by atoms with E-state index in [1.165, 1.54) is 0 Å². The molecule has 1 fully saturated rings. The van der Waals surface area contributed by atoms with E-state index in [9.17, 15) is 9.59 Å². The summed E-state index contributed by atoms with van der Waals surface area (Å²) >= 11 is 6.05. The van der Waals surface area contributed by atoms with Gasteiger partial charge < -0.3 is 16.4 Å². The number of carbonyl (C=O) groups excluding carboxylic acids is 2. The Labute approximate surface area is 128 Å². The smallest absolute Gasteiger partial charge is 0.241 e. The lowest BCUT2D eigenvalue weighted by Crippen LogP contribution is -2.43. The van der Waals surface area contributed by atoms with Crippen molar-refractivity contribution in [1.82, 2.24) is 10.2 Å². The molecule has 1 aliphatic rings. The molecule has 114 valence electrons. The number of nitrogens with zero attached hydrogens (tertiary/aromatic N) is 1. The number of carbonyl (C=O) groups is 2. The van der Waals surface area contributed by atoms with Gasteiger partial charge in [-0.25, -0.2) is 0 Å². The second kappa shape index (κ2) is 6.78. The van der Waals surface area contributed by atoms with Crippen LogP contribution in [0.1, 0.15) is 13.3 Å². The van der Waals surface area contributed by atoms with Crippen molar-refractivity contribution in [3.05, 3.63) is 23.2 Å². The molecule has 21 heavy (non-hydrogen) atoms. The number of rotatable bonds is 3. The summed E-state index contributed by atoms with van der Waals surface area (Å²) in [5.74, 6) is -0.136. The summed E-state index contributed by atoms with van der Waals surface area (Å²) < 4.78 is 0. The van der Waals surface area contributed by atoms with E-state index >= 15 is 0 Å². The second-order valence-corrected chi connectivity index (χ2v) is 5.45. The van der Waals surface area contributed by atoms with Gasteiger partial charge in [0, 0.05) is 31.7 Å². The number of benzene rings is 1. The zero-order valence-electron chi connectivity index (χ0n) is 11.9. The van der Waals surface area contributed by atoms with Gasteiger partial charge in [-0.2, -0.15) is 0 Å². The van der Waals surface area contributed by atoms with Crippen LogP contribution in [0.5, 0.6) is 0 Å². The largest absolute Gasteiger partial charge is 0.399 e. The molecule has 1 unspecified atom stereocenters. The monoisotopic (exact) mass is 310 g/mol. The summed E-state index contributed by atoms with van der Waals surface area (Å²) in [6.07, 6.45) is 0.403. The number of anilines is 2. The van der Waals surface area contributed by atoms with Crippen LogP contribution in [0.4, 0.5) is 11.4 Å². The molecule has 2 rings (SSSR count). The van der Waals surface area contributed by atoms with E-state index in [2.05, 4.69) is 10.6 Å². The highest BCUT2D eigenvalue weighted by molar-refractivity contribution is 6.34. The number of nitrogen functional groups attached to an aromatic ring is 1. The molecular formula is C14H19ClN4O2. The van der Waals surface area contributed by atoms with Crippen LogP contribution in [0.15, 0.2) is 18.2 Å². The molecule has 0 spiro atoms. The molecule has 1 aromatic carbocycles. The predicted octanol–water partition coefficient (Wildman–Crippen LogP) is 1.07. The number of hydrogen-bond donors (Lipinski definition) is 3. The lowest BCUT2D eigenvalue weighted by molar-refractivity contribution is -0.122. The Morgan fingerprint density at radius 3 is 2.95 bits per heavy atom. The summed E-state index contributed by atoms with van der Waals surface area (Å²) in [6.45, 7) is 3.58. The highest BCUT2D eigenvalue weighted by Gasteiger charge is 2.24. The molecule has 2 amide bonds. The van der Waals surface area contributed by atoms with Crippen LogP contribution < -0.4 is 16.4 Å². The zero-order chi connectivity index (χ0) is 15.4. The van der Waals surface area contributed by atoms with Gasteiger partial charge in [-0.05, 0) is 25.1 Å². The third-order valence-electron chi connectivity index (χ3n) is 3.53. The van der Waals surface area contributed by atoms with Gasteiger partial charge in [0.1, 0.15) is 0 Å². The van der Waals surface area contributed by atoms with E-state index < -0.39 is 0 Å². The Morgan fingerprint density at radius 1 is 1.48 bits per heavy atom. The van der Waals surface area contributed by atoms with Crippen molar-refractivity contribution in [2.24, 2.45) is 0 Å². The molecule has 1 heterocycles. The minimum Gasteiger partial charge on any atom is -0.399 e. The quantitative estimate of drug-likeness (QED) is 0.729. The van der Waals surface area contributed by atoms with Crippen molar-refractivity contribution in [3.63, 3.8) is 0 Å². The fourth-order valence-corrected chi connectivity index (χ4v) is 2.44. The molecule has 4 N–H and O–H groups in total. The van der Waals surface area contributed by atoms with E-state index in [0.717, 1.165) is 0 Å². The molecule has 1 aromatic rings. The standard InChI is InChI=1S/C14H19ClN4O2/c1-9(19-6-4-13(20)17-5-7-19)14(21)18-12-3-2-10(16)8-11(12)15/h2-3,8-9H,4-7,16H2,1H3,(H,17,20)(H,18,21).